The summed E-state index contributed by atoms with van der Waals surface area (Å²) >= 11 is 5.91. The molecule has 2 rings (SSSR count). The third kappa shape index (κ3) is 2.36. The van der Waals surface area contributed by atoms with E-state index in [2.05, 4.69) is 4.98 Å². The van der Waals surface area contributed by atoms with Gasteiger partial charge in [-0.3, -0.25) is 0 Å². The molecule has 1 heterocycles. The van der Waals surface area contributed by atoms with Crippen LogP contribution in [0.25, 0.3) is 5.69 Å². The fourth-order valence-electron chi connectivity index (χ4n) is 1.49. The van der Waals surface area contributed by atoms with Crippen molar-refractivity contribution < 1.29 is 13.9 Å². The number of hydrogen-bond acceptors (Lipinski definition) is 3. The predicted molar refractivity (Wildman–Crippen MR) is 64.5 cm³/mol. The third-order valence-electron chi connectivity index (χ3n) is 2.26. The molecule has 0 bridgehead atoms. The third-order valence-corrected chi connectivity index (χ3v) is 2.57. The van der Waals surface area contributed by atoms with E-state index in [4.69, 9.17) is 16.3 Å². The Bertz CT molecular complexity index is 563. The molecule has 18 heavy (non-hydrogen) atoms. The van der Waals surface area contributed by atoms with Crippen molar-refractivity contribution in [1.82, 2.24) is 9.55 Å². The van der Waals surface area contributed by atoms with Crippen molar-refractivity contribution in [3.8, 4) is 5.69 Å². The van der Waals surface area contributed by atoms with Crippen molar-refractivity contribution in [2.24, 2.45) is 0 Å². The molecule has 1 aromatic heterocycles. The molecule has 0 N–H and O–H groups in total. The van der Waals surface area contributed by atoms with E-state index in [0.29, 0.717) is 0 Å². The molecule has 0 radical (unpaired) electrons. The fourth-order valence-corrected chi connectivity index (χ4v) is 1.75. The lowest BCUT2D eigenvalue weighted by atomic mass is 10.3. The van der Waals surface area contributed by atoms with Crippen LogP contribution in [-0.4, -0.2) is 22.1 Å². The quantitative estimate of drug-likeness (QED) is 0.804. The van der Waals surface area contributed by atoms with Crippen molar-refractivity contribution in [2.75, 3.05) is 6.61 Å². The number of esters is 1. The van der Waals surface area contributed by atoms with E-state index in [-0.39, 0.29) is 23.0 Å². The average molecular weight is 269 g/mol. The zero-order chi connectivity index (χ0) is 13.1. The highest BCUT2D eigenvalue weighted by Gasteiger charge is 2.14. The number of halogens is 2. The molecule has 2 aromatic rings. The number of rotatable bonds is 3. The molecular formula is C12H10ClFN2O2. The summed E-state index contributed by atoms with van der Waals surface area (Å²) in [5.41, 5.74) is 0.262. The molecule has 0 saturated heterocycles. The molecule has 1 aromatic carbocycles. The Labute approximate surface area is 108 Å². The van der Waals surface area contributed by atoms with Crippen LogP contribution >= 0.6 is 11.6 Å². The summed E-state index contributed by atoms with van der Waals surface area (Å²) in [5, 5.41) is 0.239. The van der Waals surface area contributed by atoms with Crippen LogP contribution in [-0.2, 0) is 4.74 Å². The minimum absolute atomic E-state index is 0.108. The SMILES string of the molecule is CCOC(=O)c1cn(-c2c(F)cccc2Cl)cn1. The van der Waals surface area contributed by atoms with Crippen LogP contribution in [0.3, 0.4) is 0 Å². The lowest BCUT2D eigenvalue weighted by Crippen LogP contribution is -2.04. The van der Waals surface area contributed by atoms with Gasteiger partial charge in [0.25, 0.3) is 0 Å². The summed E-state index contributed by atoms with van der Waals surface area (Å²) in [6, 6.07) is 4.35. The Morgan fingerprint density at radius 1 is 1.56 bits per heavy atom. The van der Waals surface area contributed by atoms with Gasteiger partial charge in [0.15, 0.2) is 5.69 Å². The van der Waals surface area contributed by atoms with E-state index < -0.39 is 11.8 Å². The Kier molecular flexibility index (Phi) is 3.62. The molecule has 0 spiro atoms. The van der Waals surface area contributed by atoms with Gasteiger partial charge in [0.05, 0.1) is 11.6 Å². The lowest BCUT2D eigenvalue weighted by molar-refractivity contribution is 0.0520. The van der Waals surface area contributed by atoms with Crippen LogP contribution in [0, 0.1) is 5.82 Å². The number of benzene rings is 1. The van der Waals surface area contributed by atoms with E-state index in [1.54, 1.807) is 13.0 Å². The summed E-state index contributed by atoms with van der Waals surface area (Å²) in [6.07, 6.45) is 2.69. The van der Waals surface area contributed by atoms with Crippen LogP contribution < -0.4 is 0 Å². The first kappa shape index (κ1) is 12.6. The van der Waals surface area contributed by atoms with Gasteiger partial charge in [0.1, 0.15) is 17.8 Å². The van der Waals surface area contributed by atoms with Gasteiger partial charge in [-0.15, -0.1) is 0 Å². The molecule has 0 atom stereocenters. The minimum atomic E-state index is -0.552. The highest BCUT2D eigenvalue weighted by molar-refractivity contribution is 6.32. The smallest absolute Gasteiger partial charge is 0.358 e. The van der Waals surface area contributed by atoms with Crippen molar-refractivity contribution in [3.63, 3.8) is 0 Å². The van der Waals surface area contributed by atoms with E-state index in [1.807, 2.05) is 0 Å². The highest BCUT2D eigenvalue weighted by Crippen LogP contribution is 2.23. The average Bonchev–Trinajstić information content (AvgIpc) is 2.78. The molecule has 0 unspecified atom stereocenters. The Morgan fingerprint density at radius 2 is 2.33 bits per heavy atom. The number of carbonyl (C=O) groups excluding carboxylic acids is 1. The molecule has 0 aliphatic rings. The molecule has 0 amide bonds. The first-order valence-electron chi connectivity index (χ1n) is 5.29. The molecule has 0 saturated carbocycles. The van der Waals surface area contributed by atoms with Gasteiger partial charge in [0, 0.05) is 6.20 Å². The zero-order valence-corrected chi connectivity index (χ0v) is 10.3. The molecule has 6 heteroatoms. The van der Waals surface area contributed by atoms with E-state index in [0.717, 1.165) is 0 Å². The number of aromatic nitrogens is 2. The first-order valence-corrected chi connectivity index (χ1v) is 5.66. The second kappa shape index (κ2) is 5.18. The van der Waals surface area contributed by atoms with Crippen LogP contribution in [0.2, 0.25) is 5.02 Å². The number of ether oxygens (including phenoxy) is 1. The molecule has 0 fully saturated rings. The summed E-state index contributed by atoms with van der Waals surface area (Å²) < 4.78 is 19.8. The zero-order valence-electron chi connectivity index (χ0n) is 9.56. The summed E-state index contributed by atoms with van der Waals surface area (Å²) in [5.74, 6) is -1.04. The largest absolute Gasteiger partial charge is 0.461 e. The number of nitrogens with zero attached hydrogens (tertiary/aromatic N) is 2. The van der Waals surface area contributed by atoms with Gasteiger partial charge in [-0.05, 0) is 19.1 Å². The van der Waals surface area contributed by atoms with Crippen molar-refractivity contribution >= 4 is 17.6 Å². The fraction of sp³-hybridized carbons (Fsp3) is 0.167. The minimum Gasteiger partial charge on any atom is -0.461 e. The van der Waals surface area contributed by atoms with Gasteiger partial charge in [-0.1, -0.05) is 17.7 Å². The summed E-state index contributed by atoms with van der Waals surface area (Å²) in [4.78, 5) is 15.3. The highest BCUT2D eigenvalue weighted by atomic mass is 35.5. The van der Waals surface area contributed by atoms with Crippen molar-refractivity contribution in [1.29, 1.82) is 0 Å². The first-order chi connectivity index (χ1) is 8.63. The number of carbonyl (C=O) groups is 1. The number of hydrogen-bond donors (Lipinski definition) is 0. The predicted octanol–water partition coefficient (Wildman–Crippen LogP) is 2.84. The maximum Gasteiger partial charge on any atom is 0.358 e. The molecule has 4 nitrogen and oxygen atoms in total. The standard InChI is InChI=1S/C12H10ClFN2O2/c1-2-18-12(17)10-6-16(7-15-10)11-8(13)4-3-5-9(11)14/h3-7H,2H2,1H3. The van der Waals surface area contributed by atoms with Gasteiger partial charge >= 0.3 is 5.97 Å². The second-order valence-corrected chi connectivity index (χ2v) is 3.86. The second-order valence-electron chi connectivity index (χ2n) is 3.46. The molecule has 0 aliphatic heterocycles. The Balaban J connectivity index is 2.38. The summed E-state index contributed by atoms with van der Waals surface area (Å²) in [7, 11) is 0. The van der Waals surface area contributed by atoms with Crippen LogP contribution in [0.4, 0.5) is 4.39 Å². The topological polar surface area (TPSA) is 44.1 Å². The van der Waals surface area contributed by atoms with Gasteiger partial charge in [0.2, 0.25) is 0 Å². The molecule has 0 aliphatic carbocycles. The normalized spacial score (nSPS) is 10.4. The van der Waals surface area contributed by atoms with Crippen molar-refractivity contribution in [3.05, 3.63) is 47.3 Å². The lowest BCUT2D eigenvalue weighted by Gasteiger charge is -2.05. The number of imidazole rings is 1. The van der Waals surface area contributed by atoms with Crippen LogP contribution in [0.1, 0.15) is 17.4 Å². The van der Waals surface area contributed by atoms with Gasteiger partial charge < -0.3 is 9.30 Å². The van der Waals surface area contributed by atoms with Gasteiger partial charge in [-0.25, -0.2) is 14.2 Å². The maximum atomic E-state index is 13.6. The molecule has 94 valence electrons. The summed E-state index contributed by atoms with van der Waals surface area (Å²) in [6.45, 7) is 1.95. The monoisotopic (exact) mass is 268 g/mol. The van der Waals surface area contributed by atoms with E-state index in [1.165, 1.54) is 29.2 Å². The van der Waals surface area contributed by atoms with Crippen LogP contribution in [0.5, 0.6) is 0 Å². The van der Waals surface area contributed by atoms with E-state index >= 15 is 0 Å². The van der Waals surface area contributed by atoms with E-state index in [9.17, 15) is 9.18 Å². The van der Waals surface area contributed by atoms with Crippen LogP contribution in [0.15, 0.2) is 30.7 Å². The number of para-hydroxylation sites is 1. The van der Waals surface area contributed by atoms with Gasteiger partial charge in [-0.2, -0.15) is 0 Å². The van der Waals surface area contributed by atoms with Crippen molar-refractivity contribution in [2.45, 2.75) is 6.92 Å². The maximum absolute atomic E-state index is 13.6. The Morgan fingerprint density at radius 3 is 3.00 bits per heavy atom. The Hall–Kier alpha value is -1.88. The molecular weight excluding hydrogens is 259 g/mol.